The highest BCUT2D eigenvalue weighted by Gasteiger charge is 2.43. The Morgan fingerprint density at radius 2 is 2.14 bits per heavy atom. The van der Waals surface area contributed by atoms with Crippen molar-refractivity contribution in [2.75, 3.05) is 53.0 Å². The fourth-order valence-corrected chi connectivity index (χ4v) is 4.87. The first kappa shape index (κ1) is 27.2. The van der Waals surface area contributed by atoms with Gasteiger partial charge in [0.25, 0.3) is 0 Å². The fraction of sp³-hybridized carbons (Fsp3) is 0.571. The molecule has 1 aliphatic rings. The number of ether oxygens (including phenoxy) is 1. The number of nitrogens with zero attached hydrogens (tertiary/aromatic N) is 4. The molecule has 190 valence electrons. The van der Waals surface area contributed by atoms with Gasteiger partial charge in [-0.15, -0.1) is 0 Å². The molecule has 0 unspecified atom stereocenters. The Morgan fingerprint density at radius 3 is 2.91 bits per heavy atom. The van der Waals surface area contributed by atoms with Crippen LogP contribution in [-0.2, 0) is 16.8 Å². The number of hydrogen-bond donors (Lipinski definition) is 1. The third kappa shape index (κ3) is 8.08. The number of aromatic nitrogens is 1. The molecule has 1 saturated heterocycles. The van der Waals surface area contributed by atoms with Crippen LogP contribution in [0.2, 0.25) is 0 Å². The third-order valence-corrected chi connectivity index (χ3v) is 6.95. The van der Waals surface area contributed by atoms with Crippen molar-refractivity contribution in [1.29, 1.82) is 5.26 Å². The van der Waals surface area contributed by atoms with Crippen LogP contribution < -0.4 is 0 Å². The zero-order valence-electron chi connectivity index (χ0n) is 21.1. The van der Waals surface area contributed by atoms with E-state index in [0.29, 0.717) is 18.6 Å². The second-order valence-corrected chi connectivity index (χ2v) is 9.71. The molecule has 1 aliphatic heterocycles. The molecular formula is C28H39FN4O2. The minimum Gasteiger partial charge on any atom is -0.385 e. The molecule has 2 aromatic rings. The topological polar surface area (TPSA) is 72.6 Å². The van der Waals surface area contributed by atoms with Crippen molar-refractivity contribution >= 4 is 0 Å². The van der Waals surface area contributed by atoms with Gasteiger partial charge < -0.3 is 19.6 Å². The first-order valence-corrected chi connectivity index (χ1v) is 12.8. The summed E-state index contributed by atoms with van der Waals surface area (Å²) in [7, 11) is 2.07. The van der Waals surface area contributed by atoms with E-state index < -0.39 is 5.60 Å². The molecule has 0 amide bonds. The Hall–Kier alpha value is -2.37. The quantitative estimate of drug-likeness (QED) is 0.436. The maximum absolute atomic E-state index is 13.4. The SMILES string of the molecule is CCCCOCCN(C)C[C@H]1CN(CCCc2cncc(F)c2)CC[C@]1(O)c1cccc(C#N)c1. The molecule has 1 fully saturated rings. The van der Waals surface area contributed by atoms with Crippen LogP contribution in [0.5, 0.6) is 0 Å². The van der Waals surface area contributed by atoms with E-state index in [0.717, 1.165) is 76.1 Å². The molecule has 35 heavy (non-hydrogen) atoms. The van der Waals surface area contributed by atoms with Gasteiger partial charge >= 0.3 is 0 Å². The second-order valence-electron chi connectivity index (χ2n) is 9.71. The van der Waals surface area contributed by atoms with Gasteiger partial charge in [-0.25, -0.2) is 4.39 Å². The summed E-state index contributed by atoms with van der Waals surface area (Å²) in [6.07, 6.45) is 7.43. The predicted molar refractivity (Wildman–Crippen MR) is 135 cm³/mol. The van der Waals surface area contributed by atoms with Crippen LogP contribution in [0.3, 0.4) is 0 Å². The number of likely N-dealkylation sites (tertiary alicyclic amines) is 1. The van der Waals surface area contributed by atoms with Crippen molar-refractivity contribution in [2.45, 2.75) is 44.6 Å². The summed E-state index contributed by atoms with van der Waals surface area (Å²) >= 11 is 0. The van der Waals surface area contributed by atoms with Crippen LogP contribution in [0.25, 0.3) is 0 Å². The van der Waals surface area contributed by atoms with E-state index in [1.807, 2.05) is 18.2 Å². The summed E-state index contributed by atoms with van der Waals surface area (Å²) in [4.78, 5) is 8.57. The summed E-state index contributed by atoms with van der Waals surface area (Å²) in [5, 5.41) is 21.3. The molecule has 3 rings (SSSR count). The predicted octanol–water partition coefficient (Wildman–Crippen LogP) is 3.98. The molecule has 1 N–H and O–H groups in total. The van der Waals surface area contributed by atoms with Crippen LogP contribution in [0, 0.1) is 23.1 Å². The standard InChI is InChI=1S/C28H39FN4O2/c1-3-4-14-35-15-13-32(2)21-26-22-33(11-6-8-24-17-27(29)20-31-19-24)12-10-28(26,34)25-9-5-7-23(16-25)18-30/h5,7,9,16-17,19-20,26,34H,3-4,6,8,10-15,21-22H2,1-2H3/t26-,28-/m0/s1. The van der Waals surface area contributed by atoms with Gasteiger partial charge in [-0.05, 0) is 68.6 Å². The average molecular weight is 483 g/mol. The minimum atomic E-state index is -0.993. The van der Waals surface area contributed by atoms with E-state index in [-0.39, 0.29) is 11.7 Å². The Balaban J connectivity index is 1.64. The van der Waals surface area contributed by atoms with Crippen LogP contribution in [0.15, 0.2) is 42.7 Å². The van der Waals surface area contributed by atoms with Gasteiger partial charge in [0.15, 0.2) is 0 Å². The van der Waals surface area contributed by atoms with Crippen LogP contribution in [-0.4, -0.2) is 72.9 Å². The fourth-order valence-electron chi connectivity index (χ4n) is 4.87. The second kappa shape index (κ2) is 13.6. The van der Waals surface area contributed by atoms with Gasteiger partial charge in [0, 0.05) is 44.9 Å². The van der Waals surface area contributed by atoms with Gasteiger partial charge in [-0.3, -0.25) is 4.98 Å². The lowest BCUT2D eigenvalue weighted by Crippen LogP contribution is -2.53. The number of halogens is 1. The summed E-state index contributed by atoms with van der Waals surface area (Å²) in [5.41, 5.74) is 1.30. The lowest BCUT2D eigenvalue weighted by atomic mass is 9.75. The van der Waals surface area contributed by atoms with Crippen molar-refractivity contribution in [3.05, 3.63) is 65.2 Å². The molecule has 2 atom stereocenters. The normalized spacial score (nSPS) is 20.7. The molecule has 0 bridgehead atoms. The van der Waals surface area contributed by atoms with E-state index in [2.05, 4.69) is 34.8 Å². The van der Waals surface area contributed by atoms with E-state index in [1.165, 1.54) is 6.20 Å². The first-order valence-electron chi connectivity index (χ1n) is 12.8. The highest BCUT2D eigenvalue weighted by molar-refractivity contribution is 5.36. The highest BCUT2D eigenvalue weighted by atomic mass is 19.1. The third-order valence-electron chi connectivity index (χ3n) is 6.95. The number of unbranched alkanes of at least 4 members (excludes halogenated alkanes) is 1. The maximum atomic E-state index is 13.4. The van der Waals surface area contributed by atoms with Gasteiger partial charge in [0.1, 0.15) is 5.82 Å². The number of rotatable bonds is 13. The number of benzene rings is 1. The maximum Gasteiger partial charge on any atom is 0.141 e. The van der Waals surface area contributed by atoms with E-state index in [9.17, 15) is 14.8 Å². The highest BCUT2D eigenvalue weighted by Crippen LogP contribution is 2.38. The summed E-state index contributed by atoms with van der Waals surface area (Å²) in [6, 6.07) is 11.1. The minimum absolute atomic E-state index is 0.0123. The van der Waals surface area contributed by atoms with E-state index in [1.54, 1.807) is 18.3 Å². The zero-order chi connectivity index (χ0) is 25.1. The Morgan fingerprint density at radius 1 is 1.29 bits per heavy atom. The Labute approximate surface area is 209 Å². The van der Waals surface area contributed by atoms with Crippen LogP contribution in [0.4, 0.5) is 4.39 Å². The van der Waals surface area contributed by atoms with Crippen LogP contribution >= 0.6 is 0 Å². The molecule has 6 nitrogen and oxygen atoms in total. The Bertz CT molecular complexity index is 966. The molecule has 7 heteroatoms. The number of likely N-dealkylation sites (N-methyl/N-ethyl adjacent to an activating group) is 1. The van der Waals surface area contributed by atoms with E-state index in [4.69, 9.17) is 4.74 Å². The van der Waals surface area contributed by atoms with Crippen LogP contribution in [0.1, 0.15) is 49.3 Å². The summed E-state index contributed by atoms with van der Waals surface area (Å²) in [6.45, 7) is 7.57. The number of aryl methyl sites for hydroxylation is 1. The molecule has 1 aromatic heterocycles. The molecule has 1 aromatic carbocycles. The number of piperidine rings is 1. The monoisotopic (exact) mass is 482 g/mol. The summed E-state index contributed by atoms with van der Waals surface area (Å²) in [5.74, 6) is -0.311. The number of pyridine rings is 1. The number of aliphatic hydroxyl groups is 1. The van der Waals surface area contributed by atoms with Crippen molar-refractivity contribution < 1.29 is 14.2 Å². The van der Waals surface area contributed by atoms with Crippen molar-refractivity contribution in [3.8, 4) is 6.07 Å². The molecular weight excluding hydrogens is 443 g/mol. The number of nitriles is 1. The lowest BCUT2D eigenvalue weighted by Gasteiger charge is -2.46. The molecule has 2 heterocycles. The van der Waals surface area contributed by atoms with Crippen molar-refractivity contribution in [1.82, 2.24) is 14.8 Å². The molecule has 0 spiro atoms. The average Bonchev–Trinajstić information content (AvgIpc) is 2.86. The lowest BCUT2D eigenvalue weighted by molar-refractivity contribution is -0.0871. The zero-order valence-corrected chi connectivity index (χ0v) is 21.1. The van der Waals surface area contributed by atoms with Crippen molar-refractivity contribution in [3.63, 3.8) is 0 Å². The van der Waals surface area contributed by atoms with Gasteiger partial charge in [-0.1, -0.05) is 25.5 Å². The van der Waals surface area contributed by atoms with Gasteiger partial charge in [-0.2, -0.15) is 5.26 Å². The van der Waals surface area contributed by atoms with Crippen molar-refractivity contribution in [2.24, 2.45) is 5.92 Å². The molecule has 0 radical (unpaired) electrons. The largest absolute Gasteiger partial charge is 0.385 e. The smallest absolute Gasteiger partial charge is 0.141 e. The number of hydrogen-bond acceptors (Lipinski definition) is 6. The van der Waals surface area contributed by atoms with Gasteiger partial charge in [0.05, 0.1) is 30.0 Å². The van der Waals surface area contributed by atoms with Gasteiger partial charge in [0.2, 0.25) is 0 Å². The Kier molecular flexibility index (Phi) is 10.6. The molecule has 0 aliphatic carbocycles. The summed E-state index contributed by atoms with van der Waals surface area (Å²) < 4.78 is 19.2. The molecule has 0 saturated carbocycles. The van der Waals surface area contributed by atoms with E-state index >= 15 is 0 Å². The first-order chi connectivity index (χ1) is 16.9.